The molecule has 1 unspecified atom stereocenters. The zero-order valence-corrected chi connectivity index (χ0v) is 12.5. The summed E-state index contributed by atoms with van der Waals surface area (Å²) in [5.41, 5.74) is 0.517. The summed E-state index contributed by atoms with van der Waals surface area (Å²) in [4.78, 5) is 0. The molecule has 1 atom stereocenters. The lowest BCUT2D eigenvalue weighted by molar-refractivity contribution is 0.228. The summed E-state index contributed by atoms with van der Waals surface area (Å²) in [6.45, 7) is 3.62. The molecule has 1 aliphatic carbocycles. The molecule has 1 aliphatic heterocycles. The molecule has 2 aliphatic rings. The first-order valence-electron chi connectivity index (χ1n) is 8.60. The van der Waals surface area contributed by atoms with Crippen LogP contribution in [-0.4, -0.2) is 12.1 Å². The average Bonchev–Trinajstić information content (AvgIpc) is 2.64. The largest absolute Gasteiger partial charge is 0.311 e. The van der Waals surface area contributed by atoms with Gasteiger partial charge in [0.05, 0.1) is 0 Å². The SMILES string of the molecule is CCCC1(CCC2CCCCC2)CCCCCN1. The minimum absolute atomic E-state index is 0.517. The van der Waals surface area contributed by atoms with E-state index in [2.05, 4.69) is 12.2 Å². The summed E-state index contributed by atoms with van der Waals surface area (Å²) < 4.78 is 0. The highest BCUT2D eigenvalue weighted by Gasteiger charge is 2.30. The predicted molar refractivity (Wildman–Crippen MR) is 79.9 cm³/mol. The van der Waals surface area contributed by atoms with Crippen LogP contribution < -0.4 is 5.32 Å². The van der Waals surface area contributed by atoms with Gasteiger partial charge in [-0.3, -0.25) is 0 Å². The molecule has 1 nitrogen and oxygen atoms in total. The van der Waals surface area contributed by atoms with Gasteiger partial charge in [-0.15, -0.1) is 0 Å². The van der Waals surface area contributed by atoms with E-state index in [1.165, 1.54) is 90.0 Å². The first kappa shape index (κ1) is 14.4. The van der Waals surface area contributed by atoms with Gasteiger partial charge in [-0.1, -0.05) is 58.3 Å². The number of nitrogens with one attached hydrogen (secondary N) is 1. The molecule has 0 aromatic heterocycles. The first-order chi connectivity index (χ1) is 8.85. The van der Waals surface area contributed by atoms with Crippen molar-refractivity contribution in [3.8, 4) is 0 Å². The highest BCUT2D eigenvalue weighted by atomic mass is 15.0. The molecule has 1 N–H and O–H groups in total. The standard InChI is InChI=1S/C17H33N/c1-2-12-17(13-7-4-8-15-18-17)14-11-16-9-5-3-6-10-16/h16,18H,2-15H2,1H3. The zero-order valence-electron chi connectivity index (χ0n) is 12.5. The van der Waals surface area contributed by atoms with Gasteiger partial charge in [0.2, 0.25) is 0 Å². The van der Waals surface area contributed by atoms with Crippen LogP contribution in [0.3, 0.4) is 0 Å². The van der Waals surface area contributed by atoms with Crippen molar-refractivity contribution in [3.05, 3.63) is 0 Å². The highest BCUT2D eigenvalue weighted by Crippen LogP contribution is 2.34. The van der Waals surface area contributed by atoms with Crippen LogP contribution in [0, 0.1) is 5.92 Å². The molecule has 106 valence electrons. The van der Waals surface area contributed by atoms with Gasteiger partial charge >= 0.3 is 0 Å². The third-order valence-electron chi connectivity index (χ3n) is 5.32. The molecule has 1 saturated heterocycles. The Morgan fingerprint density at radius 2 is 1.72 bits per heavy atom. The molecule has 0 bridgehead atoms. The zero-order chi connectivity index (χ0) is 12.7. The molecular weight excluding hydrogens is 218 g/mol. The van der Waals surface area contributed by atoms with E-state index in [-0.39, 0.29) is 0 Å². The fourth-order valence-corrected chi connectivity index (χ4v) is 4.19. The van der Waals surface area contributed by atoms with Crippen molar-refractivity contribution in [2.24, 2.45) is 5.92 Å². The first-order valence-corrected chi connectivity index (χ1v) is 8.60. The normalized spacial score (nSPS) is 31.2. The Bertz CT molecular complexity index is 210. The molecule has 1 heteroatoms. The smallest absolute Gasteiger partial charge is 0.0181 e. The Morgan fingerprint density at radius 1 is 0.944 bits per heavy atom. The van der Waals surface area contributed by atoms with E-state index < -0.39 is 0 Å². The van der Waals surface area contributed by atoms with Gasteiger partial charge in [0.1, 0.15) is 0 Å². The Hall–Kier alpha value is -0.0400. The molecule has 0 aromatic rings. The summed E-state index contributed by atoms with van der Waals surface area (Å²) in [7, 11) is 0. The fourth-order valence-electron chi connectivity index (χ4n) is 4.19. The monoisotopic (exact) mass is 251 g/mol. The van der Waals surface area contributed by atoms with Crippen LogP contribution in [0.2, 0.25) is 0 Å². The van der Waals surface area contributed by atoms with E-state index in [4.69, 9.17) is 0 Å². The van der Waals surface area contributed by atoms with Crippen molar-refractivity contribution in [2.45, 2.75) is 95.9 Å². The Morgan fingerprint density at radius 3 is 2.50 bits per heavy atom. The van der Waals surface area contributed by atoms with Crippen LogP contribution in [0.4, 0.5) is 0 Å². The van der Waals surface area contributed by atoms with Crippen LogP contribution in [0.5, 0.6) is 0 Å². The molecule has 18 heavy (non-hydrogen) atoms. The number of hydrogen-bond acceptors (Lipinski definition) is 1. The molecular formula is C17H33N. The second-order valence-electron chi connectivity index (χ2n) is 6.81. The summed E-state index contributed by atoms with van der Waals surface area (Å²) >= 11 is 0. The number of hydrogen-bond donors (Lipinski definition) is 1. The van der Waals surface area contributed by atoms with Crippen LogP contribution in [0.1, 0.15) is 90.4 Å². The maximum atomic E-state index is 3.94. The lowest BCUT2D eigenvalue weighted by atomic mass is 9.78. The van der Waals surface area contributed by atoms with Gasteiger partial charge in [0.25, 0.3) is 0 Å². The molecule has 0 aromatic carbocycles. The lowest BCUT2D eigenvalue weighted by Gasteiger charge is -2.36. The van der Waals surface area contributed by atoms with E-state index in [0.717, 1.165) is 5.92 Å². The van der Waals surface area contributed by atoms with Crippen LogP contribution in [0.25, 0.3) is 0 Å². The van der Waals surface area contributed by atoms with Gasteiger partial charge in [-0.05, 0) is 44.6 Å². The lowest BCUT2D eigenvalue weighted by Crippen LogP contribution is -2.44. The Kier molecular flexibility index (Phi) is 6.01. The van der Waals surface area contributed by atoms with Crippen molar-refractivity contribution in [2.75, 3.05) is 6.54 Å². The molecule has 0 radical (unpaired) electrons. The summed E-state index contributed by atoms with van der Waals surface area (Å²) in [6.07, 6.45) is 19.0. The van der Waals surface area contributed by atoms with Gasteiger partial charge in [0.15, 0.2) is 0 Å². The maximum absolute atomic E-state index is 3.94. The van der Waals surface area contributed by atoms with Crippen molar-refractivity contribution >= 4 is 0 Å². The van der Waals surface area contributed by atoms with Gasteiger partial charge in [0, 0.05) is 5.54 Å². The van der Waals surface area contributed by atoms with E-state index in [9.17, 15) is 0 Å². The summed E-state index contributed by atoms with van der Waals surface area (Å²) in [6, 6.07) is 0. The van der Waals surface area contributed by atoms with E-state index in [1.807, 2.05) is 0 Å². The quantitative estimate of drug-likeness (QED) is 0.721. The fraction of sp³-hybridized carbons (Fsp3) is 1.00. The number of rotatable bonds is 5. The summed E-state index contributed by atoms with van der Waals surface area (Å²) in [5.74, 6) is 1.05. The molecule has 1 heterocycles. The third kappa shape index (κ3) is 4.26. The summed E-state index contributed by atoms with van der Waals surface area (Å²) in [5, 5.41) is 3.94. The molecule has 0 amide bonds. The minimum Gasteiger partial charge on any atom is -0.311 e. The van der Waals surface area contributed by atoms with E-state index in [1.54, 1.807) is 0 Å². The van der Waals surface area contributed by atoms with Crippen molar-refractivity contribution in [1.29, 1.82) is 0 Å². The van der Waals surface area contributed by atoms with E-state index >= 15 is 0 Å². The highest BCUT2D eigenvalue weighted by molar-refractivity contribution is 4.90. The minimum atomic E-state index is 0.517. The van der Waals surface area contributed by atoms with Crippen LogP contribution in [0.15, 0.2) is 0 Å². The predicted octanol–water partition coefficient (Wildman–Crippen LogP) is 5.05. The molecule has 2 rings (SSSR count). The third-order valence-corrected chi connectivity index (χ3v) is 5.32. The topological polar surface area (TPSA) is 12.0 Å². The second-order valence-corrected chi connectivity index (χ2v) is 6.81. The van der Waals surface area contributed by atoms with Gasteiger partial charge in [-0.2, -0.15) is 0 Å². The molecule has 0 spiro atoms. The Labute approximate surface area is 114 Å². The molecule has 2 fully saturated rings. The van der Waals surface area contributed by atoms with Crippen molar-refractivity contribution < 1.29 is 0 Å². The maximum Gasteiger partial charge on any atom is 0.0181 e. The van der Waals surface area contributed by atoms with Crippen molar-refractivity contribution in [3.63, 3.8) is 0 Å². The average molecular weight is 251 g/mol. The molecule has 1 saturated carbocycles. The second kappa shape index (κ2) is 7.53. The Balaban J connectivity index is 1.83. The van der Waals surface area contributed by atoms with Crippen LogP contribution in [-0.2, 0) is 0 Å². The van der Waals surface area contributed by atoms with Crippen molar-refractivity contribution in [1.82, 2.24) is 5.32 Å². The van der Waals surface area contributed by atoms with E-state index in [0.29, 0.717) is 5.54 Å². The van der Waals surface area contributed by atoms with Gasteiger partial charge in [-0.25, -0.2) is 0 Å². The van der Waals surface area contributed by atoms with Gasteiger partial charge < -0.3 is 5.32 Å². The van der Waals surface area contributed by atoms with Crippen LogP contribution >= 0.6 is 0 Å².